The Morgan fingerprint density at radius 3 is 2.65 bits per heavy atom. The highest BCUT2D eigenvalue weighted by Gasteiger charge is 2.07. The van der Waals surface area contributed by atoms with Crippen LogP contribution in [0.2, 0.25) is 0 Å². The first-order valence-corrected chi connectivity index (χ1v) is 5.60. The lowest BCUT2D eigenvalue weighted by Gasteiger charge is -2.14. The molecule has 1 heterocycles. The first-order valence-electron chi connectivity index (χ1n) is 5.60. The first-order chi connectivity index (χ1) is 7.99. The Labute approximate surface area is 101 Å². The first kappa shape index (κ1) is 13.4. The van der Waals surface area contributed by atoms with Crippen LogP contribution in [0.3, 0.4) is 0 Å². The predicted molar refractivity (Wildman–Crippen MR) is 65.1 cm³/mol. The monoisotopic (exact) mass is 238 g/mol. The number of rotatable bonds is 6. The van der Waals surface area contributed by atoms with Crippen molar-refractivity contribution >= 4 is 11.8 Å². The lowest BCUT2D eigenvalue weighted by atomic mass is 10.1. The molecule has 1 unspecified atom stereocenters. The molecule has 0 radical (unpaired) electrons. The summed E-state index contributed by atoms with van der Waals surface area (Å²) >= 11 is 0. The van der Waals surface area contributed by atoms with E-state index < -0.39 is 12.1 Å². The molecule has 3 N–H and O–H groups in total. The molecule has 1 atom stereocenters. The molecule has 1 aromatic rings. The smallest absolute Gasteiger partial charge is 0.337 e. The fraction of sp³-hybridized carbons (Fsp3) is 0.500. The highest BCUT2D eigenvalue weighted by Crippen LogP contribution is 2.08. The molecule has 0 aromatic carbocycles. The zero-order valence-corrected chi connectivity index (χ0v) is 10.1. The van der Waals surface area contributed by atoms with Gasteiger partial charge in [-0.25, -0.2) is 9.78 Å². The van der Waals surface area contributed by atoms with Gasteiger partial charge in [0.15, 0.2) is 0 Å². The Morgan fingerprint density at radius 2 is 2.18 bits per heavy atom. The van der Waals surface area contributed by atoms with Gasteiger partial charge in [0.2, 0.25) is 0 Å². The van der Waals surface area contributed by atoms with E-state index in [0.717, 1.165) is 6.42 Å². The summed E-state index contributed by atoms with van der Waals surface area (Å²) in [6.45, 7) is 4.50. The standard InChI is InChI=1S/C12H18N2O3/c1-8(2)5-10(15)7-14-11-4-3-9(6-13-11)12(16)17/h3-4,6,8,10,15H,5,7H2,1-2H3,(H,13,14)(H,16,17). The summed E-state index contributed by atoms with van der Waals surface area (Å²) in [5, 5.41) is 21.3. The zero-order chi connectivity index (χ0) is 12.8. The maximum Gasteiger partial charge on any atom is 0.337 e. The largest absolute Gasteiger partial charge is 0.478 e. The van der Waals surface area contributed by atoms with Gasteiger partial charge in [-0.1, -0.05) is 13.8 Å². The molecule has 0 saturated heterocycles. The van der Waals surface area contributed by atoms with Crippen LogP contribution in [0, 0.1) is 5.92 Å². The minimum atomic E-state index is -0.996. The van der Waals surface area contributed by atoms with Crippen molar-refractivity contribution in [2.75, 3.05) is 11.9 Å². The van der Waals surface area contributed by atoms with Gasteiger partial charge < -0.3 is 15.5 Å². The third-order valence-electron chi connectivity index (χ3n) is 2.27. The Bertz CT molecular complexity index is 363. The number of hydrogen-bond acceptors (Lipinski definition) is 4. The molecule has 5 heteroatoms. The van der Waals surface area contributed by atoms with Gasteiger partial charge in [0, 0.05) is 12.7 Å². The lowest BCUT2D eigenvalue weighted by molar-refractivity contribution is 0.0696. The number of nitrogens with zero attached hydrogens (tertiary/aromatic N) is 1. The van der Waals surface area contributed by atoms with Gasteiger partial charge in [0.1, 0.15) is 5.82 Å². The Balaban J connectivity index is 2.44. The van der Waals surface area contributed by atoms with E-state index in [1.54, 1.807) is 6.07 Å². The van der Waals surface area contributed by atoms with Crippen LogP contribution in [0.25, 0.3) is 0 Å². The van der Waals surface area contributed by atoms with E-state index in [9.17, 15) is 9.90 Å². The molecule has 17 heavy (non-hydrogen) atoms. The molecular formula is C12H18N2O3. The van der Waals surface area contributed by atoms with E-state index in [1.807, 2.05) is 13.8 Å². The van der Waals surface area contributed by atoms with Crippen molar-refractivity contribution in [2.45, 2.75) is 26.4 Å². The van der Waals surface area contributed by atoms with Gasteiger partial charge in [-0.05, 0) is 24.5 Å². The van der Waals surface area contributed by atoms with Crippen molar-refractivity contribution in [2.24, 2.45) is 5.92 Å². The summed E-state index contributed by atoms with van der Waals surface area (Å²) in [6.07, 6.45) is 1.59. The van der Waals surface area contributed by atoms with E-state index in [2.05, 4.69) is 10.3 Å². The van der Waals surface area contributed by atoms with E-state index in [4.69, 9.17) is 5.11 Å². The normalized spacial score (nSPS) is 12.5. The fourth-order valence-electron chi connectivity index (χ4n) is 1.47. The molecule has 0 aliphatic heterocycles. The van der Waals surface area contributed by atoms with Crippen LogP contribution < -0.4 is 5.32 Å². The number of carbonyl (C=O) groups is 1. The Morgan fingerprint density at radius 1 is 1.47 bits per heavy atom. The molecule has 0 bridgehead atoms. The second-order valence-electron chi connectivity index (χ2n) is 4.40. The topological polar surface area (TPSA) is 82.5 Å². The number of carboxylic acids is 1. The summed E-state index contributed by atoms with van der Waals surface area (Å²) in [5.41, 5.74) is 0.151. The molecule has 0 saturated carbocycles. The maximum atomic E-state index is 10.6. The molecule has 5 nitrogen and oxygen atoms in total. The summed E-state index contributed by atoms with van der Waals surface area (Å²) < 4.78 is 0. The summed E-state index contributed by atoms with van der Waals surface area (Å²) in [5.74, 6) is 0.0100. The SMILES string of the molecule is CC(C)CC(O)CNc1ccc(C(=O)O)cn1. The Kier molecular flexibility index (Phi) is 4.90. The van der Waals surface area contributed by atoms with Gasteiger partial charge in [-0.15, -0.1) is 0 Å². The van der Waals surface area contributed by atoms with E-state index in [0.29, 0.717) is 18.3 Å². The molecule has 0 amide bonds. The maximum absolute atomic E-state index is 10.6. The van der Waals surface area contributed by atoms with Crippen LogP contribution in [-0.2, 0) is 0 Å². The molecule has 0 aliphatic carbocycles. The molecule has 1 aromatic heterocycles. The zero-order valence-electron chi connectivity index (χ0n) is 10.1. The third kappa shape index (κ3) is 4.82. The highest BCUT2D eigenvalue weighted by molar-refractivity contribution is 5.87. The van der Waals surface area contributed by atoms with Crippen LogP contribution in [0.15, 0.2) is 18.3 Å². The summed E-state index contributed by atoms with van der Waals surface area (Å²) in [7, 11) is 0. The van der Waals surface area contributed by atoms with Crippen molar-refractivity contribution in [3.05, 3.63) is 23.9 Å². The number of hydrogen-bond donors (Lipinski definition) is 3. The second-order valence-corrected chi connectivity index (χ2v) is 4.40. The van der Waals surface area contributed by atoms with E-state index in [1.165, 1.54) is 12.3 Å². The van der Waals surface area contributed by atoms with Crippen LogP contribution in [0.1, 0.15) is 30.6 Å². The van der Waals surface area contributed by atoms with Gasteiger partial charge in [0.05, 0.1) is 11.7 Å². The van der Waals surface area contributed by atoms with Gasteiger partial charge in [-0.3, -0.25) is 0 Å². The number of aromatic carboxylic acids is 1. The van der Waals surface area contributed by atoms with Gasteiger partial charge >= 0.3 is 5.97 Å². The van der Waals surface area contributed by atoms with Crippen LogP contribution >= 0.6 is 0 Å². The number of aliphatic hydroxyl groups excluding tert-OH is 1. The number of anilines is 1. The highest BCUT2D eigenvalue weighted by atomic mass is 16.4. The van der Waals surface area contributed by atoms with Crippen molar-refractivity contribution < 1.29 is 15.0 Å². The molecule has 0 fully saturated rings. The van der Waals surface area contributed by atoms with Gasteiger partial charge in [0.25, 0.3) is 0 Å². The fourth-order valence-corrected chi connectivity index (χ4v) is 1.47. The number of nitrogens with one attached hydrogen (secondary N) is 1. The summed E-state index contributed by atoms with van der Waals surface area (Å²) in [4.78, 5) is 14.5. The molecule has 0 spiro atoms. The third-order valence-corrected chi connectivity index (χ3v) is 2.27. The average Bonchev–Trinajstić information content (AvgIpc) is 2.26. The summed E-state index contributed by atoms with van der Waals surface area (Å²) in [6, 6.07) is 3.07. The van der Waals surface area contributed by atoms with Crippen molar-refractivity contribution in [1.29, 1.82) is 0 Å². The predicted octanol–water partition coefficient (Wildman–Crippen LogP) is 1.60. The molecule has 94 valence electrons. The number of pyridine rings is 1. The molecule has 1 rings (SSSR count). The van der Waals surface area contributed by atoms with Crippen molar-refractivity contribution in [3.63, 3.8) is 0 Å². The number of carboxylic acid groups (broad SMARTS) is 1. The second kappa shape index (κ2) is 6.20. The van der Waals surface area contributed by atoms with Gasteiger partial charge in [-0.2, -0.15) is 0 Å². The van der Waals surface area contributed by atoms with E-state index in [-0.39, 0.29) is 5.56 Å². The van der Waals surface area contributed by atoms with Crippen LogP contribution in [0.4, 0.5) is 5.82 Å². The van der Waals surface area contributed by atoms with Crippen molar-refractivity contribution in [1.82, 2.24) is 4.98 Å². The number of aromatic nitrogens is 1. The minimum Gasteiger partial charge on any atom is -0.478 e. The van der Waals surface area contributed by atoms with Crippen LogP contribution in [0.5, 0.6) is 0 Å². The quantitative estimate of drug-likeness (QED) is 0.701. The van der Waals surface area contributed by atoms with Crippen LogP contribution in [-0.4, -0.2) is 33.8 Å². The number of aliphatic hydroxyl groups is 1. The minimum absolute atomic E-state index is 0.151. The van der Waals surface area contributed by atoms with E-state index >= 15 is 0 Å². The average molecular weight is 238 g/mol. The Hall–Kier alpha value is -1.62. The molecular weight excluding hydrogens is 220 g/mol. The van der Waals surface area contributed by atoms with Crippen molar-refractivity contribution in [3.8, 4) is 0 Å². The lowest BCUT2D eigenvalue weighted by Crippen LogP contribution is -2.21. The molecule has 0 aliphatic rings.